The van der Waals surface area contributed by atoms with Crippen molar-refractivity contribution < 1.29 is 9.69 Å². The van der Waals surface area contributed by atoms with E-state index in [1.54, 1.807) is 5.06 Å². The maximum absolute atomic E-state index is 10.2. The van der Waals surface area contributed by atoms with Gasteiger partial charge in [-0.2, -0.15) is 5.06 Å². The molecule has 1 aliphatic heterocycles. The summed E-state index contributed by atoms with van der Waals surface area (Å²) in [5, 5.41) is 11.7. The first-order valence-electron chi connectivity index (χ1n) is 7.38. The molecule has 1 fully saturated rings. The van der Waals surface area contributed by atoms with Crippen LogP contribution in [0.15, 0.2) is 0 Å². The van der Waals surface area contributed by atoms with Crippen LogP contribution in [0.3, 0.4) is 0 Å². The number of rotatable bonds is 0. The first kappa shape index (κ1) is 20.2. The largest absolute Gasteiger partial charge is 0.327 e. The summed E-state index contributed by atoms with van der Waals surface area (Å²) in [4.78, 5) is 0. The van der Waals surface area contributed by atoms with Crippen molar-refractivity contribution in [1.82, 2.24) is 5.06 Å². The summed E-state index contributed by atoms with van der Waals surface area (Å²) >= 11 is 0. The number of quaternary nitrogens is 1. The molecule has 0 aromatic heterocycles. The fourth-order valence-electron chi connectivity index (χ4n) is 2.70. The molecule has 112 valence electrons. The molecule has 0 amide bonds. The van der Waals surface area contributed by atoms with Crippen molar-refractivity contribution in [3.05, 3.63) is 0 Å². The normalized spacial score (nSPS) is 24.8. The molecule has 3 heteroatoms. The zero-order chi connectivity index (χ0) is 15.2. The third kappa shape index (κ3) is 5.68. The van der Waals surface area contributed by atoms with Crippen LogP contribution in [0.2, 0.25) is 0 Å². The minimum absolute atomic E-state index is 0.116. The minimum atomic E-state index is -0.149. The Labute approximate surface area is 115 Å². The van der Waals surface area contributed by atoms with Crippen molar-refractivity contribution in [2.45, 2.75) is 72.9 Å². The van der Waals surface area contributed by atoms with Crippen molar-refractivity contribution in [3.8, 4) is 0 Å². The van der Waals surface area contributed by atoms with E-state index in [0.717, 1.165) is 24.0 Å². The highest BCUT2D eigenvalue weighted by atomic mass is 16.5. The standard InChI is InChI=1S/C11H25N2O.2C2H6/c1-10(2)7-8-13(5,6)9-11(3,4)12(10)14;2*1-2/h14H,7-9H2,1-6H3;2*1-2H3/q+1;;. The molecular formula is C15H37N2O+. The average Bonchev–Trinajstić information content (AvgIpc) is 2.34. The summed E-state index contributed by atoms with van der Waals surface area (Å²) in [6, 6.07) is 0. The predicted octanol–water partition coefficient (Wildman–Crippen LogP) is 3.77. The van der Waals surface area contributed by atoms with Crippen molar-refractivity contribution in [3.63, 3.8) is 0 Å². The second-order valence-electron chi connectivity index (χ2n) is 6.50. The van der Waals surface area contributed by atoms with Gasteiger partial charge in [0.05, 0.1) is 32.7 Å². The third-order valence-corrected chi connectivity index (χ3v) is 3.29. The quantitative estimate of drug-likeness (QED) is 0.671. The monoisotopic (exact) mass is 261 g/mol. The maximum atomic E-state index is 10.2. The third-order valence-electron chi connectivity index (χ3n) is 3.29. The molecule has 18 heavy (non-hydrogen) atoms. The molecule has 1 heterocycles. The number of hydrogen-bond donors (Lipinski definition) is 1. The van der Waals surface area contributed by atoms with Crippen LogP contribution in [0.1, 0.15) is 61.8 Å². The van der Waals surface area contributed by atoms with Crippen LogP contribution in [0.25, 0.3) is 0 Å². The van der Waals surface area contributed by atoms with Crippen molar-refractivity contribution in [2.75, 3.05) is 27.2 Å². The van der Waals surface area contributed by atoms with E-state index in [1.165, 1.54) is 0 Å². The van der Waals surface area contributed by atoms with Crippen LogP contribution >= 0.6 is 0 Å². The lowest BCUT2D eigenvalue weighted by atomic mass is 9.95. The maximum Gasteiger partial charge on any atom is 0.0987 e. The summed E-state index contributed by atoms with van der Waals surface area (Å²) < 4.78 is 0.980. The molecule has 0 spiro atoms. The molecule has 0 bridgehead atoms. The van der Waals surface area contributed by atoms with Crippen LogP contribution in [0.4, 0.5) is 0 Å². The Balaban J connectivity index is 0. The topological polar surface area (TPSA) is 23.5 Å². The van der Waals surface area contributed by atoms with E-state index < -0.39 is 0 Å². The van der Waals surface area contributed by atoms with E-state index in [1.807, 2.05) is 27.7 Å². The van der Waals surface area contributed by atoms with Crippen molar-refractivity contribution >= 4 is 0 Å². The van der Waals surface area contributed by atoms with Gasteiger partial charge in [0.1, 0.15) is 0 Å². The lowest BCUT2D eigenvalue weighted by molar-refractivity contribution is -0.893. The van der Waals surface area contributed by atoms with Gasteiger partial charge in [-0.05, 0) is 27.7 Å². The number of hydrogen-bond acceptors (Lipinski definition) is 2. The molecular weight excluding hydrogens is 224 g/mol. The highest BCUT2D eigenvalue weighted by Gasteiger charge is 2.45. The number of nitrogens with zero attached hydrogens (tertiary/aromatic N) is 2. The van der Waals surface area contributed by atoms with Gasteiger partial charge in [0.15, 0.2) is 0 Å². The number of hydroxylamine groups is 2. The van der Waals surface area contributed by atoms with E-state index in [4.69, 9.17) is 0 Å². The Hall–Kier alpha value is -0.120. The summed E-state index contributed by atoms with van der Waals surface area (Å²) in [7, 11) is 4.47. The van der Waals surface area contributed by atoms with Crippen LogP contribution in [0, 0.1) is 0 Å². The molecule has 0 atom stereocenters. The first-order chi connectivity index (χ1) is 8.07. The van der Waals surface area contributed by atoms with Crippen LogP contribution in [-0.4, -0.2) is 53.0 Å². The Morgan fingerprint density at radius 3 is 1.67 bits per heavy atom. The fraction of sp³-hybridized carbons (Fsp3) is 1.00. The van der Waals surface area contributed by atoms with E-state index in [2.05, 4.69) is 41.8 Å². The summed E-state index contributed by atoms with van der Waals surface area (Å²) in [5.74, 6) is 0. The van der Waals surface area contributed by atoms with Gasteiger partial charge in [-0.15, -0.1) is 0 Å². The Kier molecular flexibility index (Phi) is 8.38. The van der Waals surface area contributed by atoms with Crippen LogP contribution in [0.5, 0.6) is 0 Å². The van der Waals surface area contributed by atoms with Crippen molar-refractivity contribution in [2.24, 2.45) is 0 Å². The number of likely N-dealkylation sites (N-methyl/N-ethyl adjacent to an activating group) is 1. The second kappa shape index (κ2) is 7.46. The zero-order valence-corrected chi connectivity index (χ0v) is 14.5. The molecule has 0 aromatic carbocycles. The molecule has 0 saturated carbocycles. The van der Waals surface area contributed by atoms with Gasteiger partial charge >= 0.3 is 0 Å². The smallest absolute Gasteiger partial charge is 0.0987 e. The summed E-state index contributed by atoms with van der Waals surface area (Å²) in [6.07, 6.45) is 1.03. The molecule has 0 radical (unpaired) electrons. The highest BCUT2D eigenvalue weighted by molar-refractivity contribution is 4.89. The predicted molar refractivity (Wildman–Crippen MR) is 80.9 cm³/mol. The Morgan fingerprint density at radius 2 is 1.28 bits per heavy atom. The van der Waals surface area contributed by atoms with Crippen molar-refractivity contribution in [1.29, 1.82) is 0 Å². The van der Waals surface area contributed by atoms with Crippen LogP contribution in [-0.2, 0) is 0 Å². The minimum Gasteiger partial charge on any atom is -0.327 e. The van der Waals surface area contributed by atoms with Crippen LogP contribution < -0.4 is 0 Å². The lowest BCUT2D eigenvalue weighted by Crippen LogP contribution is -2.57. The molecule has 0 aliphatic carbocycles. The molecule has 0 aromatic rings. The zero-order valence-electron chi connectivity index (χ0n) is 14.5. The van der Waals surface area contributed by atoms with Gasteiger partial charge in [0.2, 0.25) is 0 Å². The molecule has 1 saturated heterocycles. The van der Waals surface area contributed by atoms with Gasteiger partial charge in [0.25, 0.3) is 0 Å². The molecule has 0 unspecified atom stereocenters. The lowest BCUT2D eigenvalue weighted by Gasteiger charge is -2.41. The van der Waals surface area contributed by atoms with E-state index in [-0.39, 0.29) is 11.1 Å². The summed E-state index contributed by atoms with van der Waals surface area (Å²) in [5.41, 5.74) is -0.265. The Bertz CT molecular complexity index is 223. The molecule has 1 rings (SSSR count). The summed E-state index contributed by atoms with van der Waals surface area (Å²) in [6.45, 7) is 18.5. The SMILES string of the molecule is CC.CC.CC1(C)CC[N+](C)(C)CC(C)(C)N1O. The van der Waals surface area contributed by atoms with E-state index in [9.17, 15) is 5.21 Å². The highest BCUT2D eigenvalue weighted by Crippen LogP contribution is 2.31. The molecule has 3 nitrogen and oxygen atoms in total. The van der Waals surface area contributed by atoms with Gasteiger partial charge in [-0.1, -0.05) is 27.7 Å². The first-order valence-corrected chi connectivity index (χ1v) is 7.38. The fourth-order valence-corrected chi connectivity index (χ4v) is 2.70. The molecule has 1 aliphatic rings. The van der Waals surface area contributed by atoms with Gasteiger partial charge in [-0.3, -0.25) is 0 Å². The molecule has 1 N–H and O–H groups in total. The van der Waals surface area contributed by atoms with Gasteiger partial charge < -0.3 is 9.69 Å². The van der Waals surface area contributed by atoms with E-state index >= 15 is 0 Å². The Morgan fingerprint density at radius 1 is 0.889 bits per heavy atom. The van der Waals surface area contributed by atoms with Gasteiger partial charge in [-0.25, -0.2) is 0 Å². The average molecular weight is 261 g/mol. The second-order valence-corrected chi connectivity index (χ2v) is 6.50. The van der Waals surface area contributed by atoms with E-state index in [0.29, 0.717) is 0 Å². The van der Waals surface area contributed by atoms with Gasteiger partial charge in [0, 0.05) is 12.0 Å².